The van der Waals surface area contributed by atoms with Gasteiger partial charge in [0.25, 0.3) is 0 Å². The SMILES string of the molecule is CCOC(=O)CC[C@]12CCC[C@H]1CC=CC(C(=O)OCC)=C2O. The topological polar surface area (TPSA) is 72.8 Å². The molecule has 0 bridgehead atoms. The zero-order valence-electron chi connectivity index (χ0n) is 14.0. The first kappa shape index (κ1) is 17.6. The van der Waals surface area contributed by atoms with Crippen molar-refractivity contribution in [3.63, 3.8) is 0 Å². The van der Waals surface area contributed by atoms with Crippen LogP contribution in [0, 0.1) is 11.3 Å². The van der Waals surface area contributed by atoms with Gasteiger partial charge < -0.3 is 14.6 Å². The van der Waals surface area contributed by atoms with Crippen LogP contribution < -0.4 is 0 Å². The van der Waals surface area contributed by atoms with Crippen LogP contribution in [0.3, 0.4) is 0 Å². The molecule has 2 atom stereocenters. The third-order valence-electron chi connectivity index (χ3n) is 4.96. The number of hydrogen-bond acceptors (Lipinski definition) is 5. The summed E-state index contributed by atoms with van der Waals surface area (Å²) < 4.78 is 10.1. The standard InChI is InChI=1S/C18H26O5/c1-3-22-15(19)10-12-18-11-6-8-13(18)7-5-9-14(16(18)20)17(21)23-4-2/h5,9,13,20H,3-4,6-8,10-12H2,1-2H3/t13-,18-/m1/s1. The lowest BCUT2D eigenvalue weighted by atomic mass is 9.71. The minimum atomic E-state index is -0.516. The van der Waals surface area contributed by atoms with Crippen molar-refractivity contribution in [2.24, 2.45) is 11.3 Å². The number of carbonyl (C=O) groups excluding carboxylic acids is 2. The van der Waals surface area contributed by atoms with Gasteiger partial charge in [-0.3, -0.25) is 4.79 Å². The summed E-state index contributed by atoms with van der Waals surface area (Å²) in [7, 11) is 0. The van der Waals surface area contributed by atoms with Gasteiger partial charge in [-0.25, -0.2) is 4.79 Å². The van der Waals surface area contributed by atoms with Crippen molar-refractivity contribution < 1.29 is 24.2 Å². The summed E-state index contributed by atoms with van der Waals surface area (Å²) in [5.41, 5.74) is -0.279. The van der Waals surface area contributed by atoms with E-state index >= 15 is 0 Å². The fourth-order valence-corrected chi connectivity index (χ4v) is 3.88. The molecule has 0 saturated heterocycles. The molecule has 0 amide bonds. The molecule has 0 aromatic rings. The summed E-state index contributed by atoms with van der Waals surface area (Å²) in [4.78, 5) is 23.9. The lowest BCUT2D eigenvalue weighted by Gasteiger charge is -2.34. The van der Waals surface area contributed by atoms with Gasteiger partial charge in [0.05, 0.1) is 18.8 Å². The average Bonchev–Trinajstić information content (AvgIpc) is 2.88. The highest BCUT2D eigenvalue weighted by molar-refractivity contribution is 5.92. The molecular weight excluding hydrogens is 296 g/mol. The smallest absolute Gasteiger partial charge is 0.341 e. The van der Waals surface area contributed by atoms with Gasteiger partial charge >= 0.3 is 11.9 Å². The first-order chi connectivity index (χ1) is 11.0. The molecule has 0 aliphatic heterocycles. The van der Waals surface area contributed by atoms with Gasteiger partial charge in [0.2, 0.25) is 0 Å². The molecule has 0 radical (unpaired) electrons. The molecule has 128 valence electrons. The molecule has 1 fully saturated rings. The van der Waals surface area contributed by atoms with Gasteiger partial charge in [-0.1, -0.05) is 12.5 Å². The average molecular weight is 322 g/mol. The van der Waals surface area contributed by atoms with Crippen molar-refractivity contribution in [2.75, 3.05) is 13.2 Å². The minimum absolute atomic E-state index is 0.0940. The van der Waals surface area contributed by atoms with E-state index in [0.717, 1.165) is 25.7 Å². The van der Waals surface area contributed by atoms with Crippen LogP contribution >= 0.6 is 0 Å². The van der Waals surface area contributed by atoms with Crippen molar-refractivity contribution in [3.8, 4) is 0 Å². The van der Waals surface area contributed by atoms with Crippen molar-refractivity contribution in [2.45, 2.75) is 52.4 Å². The normalized spacial score (nSPS) is 26.6. The number of aliphatic hydroxyl groups excluding tert-OH is 1. The van der Waals surface area contributed by atoms with Crippen LogP contribution in [0.4, 0.5) is 0 Å². The molecule has 0 unspecified atom stereocenters. The Balaban J connectivity index is 2.29. The second-order valence-corrected chi connectivity index (χ2v) is 6.17. The lowest BCUT2D eigenvalue weighted by molar-refractivity contribution is -0.143. The number of hydrogen-bond donors (Lipinski definition) is 1. The van der Waals surface area contributed by atoms with E-state index in [9.17, 15) is 14.7 Å². The van der Waals surface area contributed by atoms with E-state index in [2.05, 4.69) is 0 Å². The van der Waals surface area contributed by atoms with Gasteiger partial charge in [-0.2, -0.15) is 0 Å². The van der Waals surface area contributed by atoms with Crippen LogP contribution in [0.25, 0.3) is 0 Å². The molecule has 5 heteroatoms. The largest absolute Gasteiger partial charge is 0.511 e. The number of carbonyl (C=O) groups is 2. The van der Waals surface area contributed by atoms with Gasteiger partial charge in [0.15, 0.2) is 0 Å². The van der Waals surface area contributed by atoms with Gasteiger partial charge in [-0.15, -0.1) is 0 Å². The molecule has 0 aromatic carbocycles. The molecule has 2 rings (SSSR count). The zero-order valence-corrected chi connectivity index (χ0v) is 14.0. The maximum Gasteiger partial charge on any atom is 0.341 e. The van der Waals surface area contributed by atoms with E-state index in [0.29, 0.717) is 13.0 Å². The Hall–Kier alpha value is -1.78. The fraction of sp³-hybridized carbons (Fsp3) is 0.667. The van der Waals surface area contributed by atoms with E-state index in [-0.39, 0.29) is 36.2 Å². The zero-order chi connectivity index (χ0) is 16.9. The van der Waals surface area contributed by atoms with Crippen LogP contribution in [-0.2, 0) is 19.1 Å². The van der Waals surface area contributed by atoms with E-state index < -0.39 is 11.4 Å². The Kier molecular flexibility index (Phi) is 5.85. The number of allylic oxidation sites excluding steroid dienone is 2. The molecular formula is C18H26O5. The monoisotopic (exact) mass is 322 g/mol. The summed E-state index contributed by atoms with van der Waals surface area (Å²) in [5.74, 6) is -0.406. The van der Waals surface area contributed by atoms with Crippen LogP contribution in [0.2, 0.25) is 0 Å². The number of aliphatic hydroxyl groups is 1. The van der Waals surface area contributed by atoms with Crippen LogP contribution in [0.5, 0.6) is 0 Å². The number of esters is 2. The van der Waals surface area contributed by atoms with Gasteiger partial charge in [-0.05, 0) is 51.5 Å². The predicted molar refractivity (Wildman–Crippen MR) is 85.7 cm³/mol. The van der Waals surface area contributed by atoms with Crippen LogP contribution in [0.1, 0.15) is 52.4 Å². The summed E-state index contributed by atoms with van der Waals surface area (Å²) in [6, 6.07) is 0. The highest BCUT2D eigenvalue weighted by atomic mass is 16.5. The maximum absolute atomic E-state index is 12.1. The summed E-state index contributed by atoms with van der Waals surface area (Å²) in [5, 5.41) is 10.9. The van der Waals surface area contributed by atoms with E-state index in [1.165, 1.54) is 0 Å². The maximum atomic E-state index is 12.1. The quantitative estimate of drug-likeness (QED) is 0.758. The highest BCUT2D eigenvalue weighted by Crippen LogP contribution is 2.54. The van der Waals surface area contributed by atoms with E-state index in [1.807, 2.05) is 6.08 Å². The van der Waals surface area contributed by atoms with Gasteiger partial charge in [0.1, 0.15) is 5.76 Å². The Morgan fingerprint density at radius 1 is 1.30 bits per heavy atom. The second kappa shape index (κ2) is 7.66. The van der Waals surface area contributed by atoms with E-state index in [1.54, 1.807) is 19.9 Å². The van der Waals surface area contributed by atoms with Crippen LogP contribution in [-0.4, -0.2) is 30.3 Å². The first-order valence-corrected chi connectivity index (χ1v) is 8.48. The first-order valence-electron chi connectivity index (χ1n) is 8.48. The third-order valence-corrected chi connectivity index (χ3v) is 4.96. The lowest BCUT2D eigenvalue weighted by Crippen LogP contribution is -2.30. The summed E-state index contributed by atoms with van der Waals surface area (Å²) in [6.45, 7) is 4.14. The number of rotatable bonds is 6. The highest BCUT2D eigenvalue weighted by Gasteiger charge is 2.48. The number of ether oxygens (including phenoxy) is 2. The molecule has 0 spiro atoms. The van der Waals surface area contributed by atoms with Gasteiger partial charge in [0, 0.05) is 11.8 Å². The summed E-state index contributed by atoms with van der Waals surface area (Å²) in [6.07, 6.45) is 7.93. The Labute approximate surface area is 137 Å². The molecule has 2 aliphatic carbocycles. The van der Waals surface area contributed by atoms with E-state index in [4.69, 9.17) is 9.47 Å². The Morgan fingerprint density at radius 2 is 2.04 bits per heavy atom. The minimum Gasteiger partial charge on any atom is -0.511 e. The molecule has 0 heterocycles. The molecule has 1 N–H and O–H groups in total. The van der Waals surface area contributed by atoms with Crippen molar-refractivity contribution >= 4 is 11.9 Å². The fourth-order valence-electron chi connectivity index (χ4n) is 3.88. The summed E-state index contributed by atoms with van der Waals surface area (Å²) >= 11 is 0. The molecule has 5 nitrogen and oxygen atoms in total. The molecule has 1 saturated carbocycles. The predicted octanol–water partition coefficient (Wildman–Crippen LogP) is 3.45. The van der Waals surface area contributed by atoms with Crippen molar-refractivity contribution in [1.29, 1.82) is 0 Å². The molecule has 2 aliphatic rings. The van der Waals surface area contributed by atoms with Crippen LogP contribution in [0.15, 0.2) is 23.5 Å². The third kappa shape index (κ3) is 3.59. The molecule has 23 heavy (non-hydrogen) atoms. The Bertz CT molecular complexity index is 520. The Morgan fingerprint density at radius 3 is 2.74 bits per heavy atom. The second-order valence-electron chi connectivity index (χ2n) is 6.17. The molecule has 0 aromatic heterocycles. The van der Waals surface area contributed by atoms with Crippen molar-refractivity contribution in [3.05, 3.63) is 23.5 Å². The van der Waals surface area contributed by atoms with Crippen molar-refractivity contribution in [1.82, 2.24) is 0 Å². The number of fused-ring (bicyclic) bond motifs is 1.